The molecule has 92 valence electrons. The van der Waals surface area contributed by atoms with Crippen molar-refractivity contribution in [2.75, 3.05) is 0 Å². The van der Waals surface area contributed by atoms with Crippen molar-refractivity contribution in [3.05, 3.63) is 0 Å². The molecule has 1 heteroatoms. The average Bonchev–Trinajstić information content (AvgIpc) is 2.13. The Kier molecular flexibility index (Phi) is 2.78. The molecule has 4 aliphatic rings. The molecule has 0 heterocycles. The summed E-state index contributed by atoms with van der Waals surface area (Å²) in [6.45, 7) is 1.93. The van der Waals surface area contributed by atoms with Crippen LogP contribution in [-0.2, 0) is 0 Å². The lowest BCUT2D eigenvalue weighted by Gasteiger charge is -2.57. The Labute approximate surface area is 99.6 Å². The van der Waals surface area contributed by atoms with Crippen LogP contribution >= 0.6 is 0 Å². The largest absolute Gasteiger partial charge is 0.393 e. The van der Waals surface area contributed by atoms with Crippen LogP contribution in [0.4, 0.5) is 0 Å². The summed E-state index contributed by atoms with van der Waals surface area (Å²) in [7, 11) is 0. The predicted octanol–water partition coefficient (Wildman–Crippen LogP) is 3.75. The van der Waals surface area contributed by atoms with E-state index in [9.17, 15) is 5.11 Å². The van der Waals surface area contributed by atoms with Gasteiger partial charge in [0.1, 0.15) is 0 Å². The van der Waals surface area contributed by atoms with Crippen molar-refractivity contribution in [3.63, 3.8) is 0 Å². The van der Waals surface area contributed by atoms with E-state index in [2.05, 4.69) is 0 Å². The molecule has 1 N–H and O–H groups in total. The number of aliphatic hydroxyl groups is 1. The molecular formula is C15H26O. The highest BCUT2D eigenvalue weighted by Gasteiger charge is 2.50. The van der Waals surface area contributed by atoms with E-state index in [0.717, 1.165) is 29.6 Å². The minimum absolute atomic E-state index is 0.0890. The van der Waals surface area contributed by atoms with Gasteiger partial charge in [0.15, 0.2) is 0 Å². The third-order valence-electron chi connectivity index (χ3n) is 5.49. The Bertz CT molecular complexity index is 221. The van der Waals surface area contributed by atoms with Crippen LogP contribution < -0.4 is 0 Å². The van der Waals surface area contributed by atoms with Gasteiger partial charge in [-0.15, -0.1) is 0 Å². The number of aliphatic hydroxyl groups excluding tert-OH is 1. The molecular weight excluding hydrogens is 196 g/mol. The van der Waals surface area contributed by atoms with Crippen LogP contribution in [0.15, 0.2) is 0 Å². The number of hydrogen-bond donors (Lipinski definition) is 1. The Hall–Kier alpha value is -0.0400. The molecule has 0 amide bonds. The molecule has 0 aromatic heterocycles. The first-order chi connectivity index (χ1) is 7.65. The van der Waals surface area contributed by atoms with E-state index in [1.165, 1.54) is 32.1 Å². The maximum atomic E-state index is 9.37. The summed E-state index contributed by atoms with van der Waals surface area (Å²) >= 11 is 0. The third-order valence-corrected chi connectivity index (χ3v) is 5.49. The van der Waals surface area contributed by atoms with Crippen LogP contribution in [0, 0.1) is 23.2 Å². The first kappa shape index (κ1) is 11.1. The van der Waals surface area contributed by atoms with Gasteiger partial charge in [0.05, 0.1) is 6.10 Å². The van der Waals surface area contributed by atoms with E-state index in [1.807, 2.05) is 6.92 Å². The standard InChI is InChI=1S/C15H26O/c1-11(16)3-2-4-15-8-12-5-13(9-15)7-14(6-12)10-15/h11-14,16H,2-10H2,1H3/t11-,12?,13?,14?,15?/m1/s1. The molecule has 0 aromatic rings. The fraction of sp³-hybridized carbons (Fsp3) is 1.00. The molecule has 4 saturated carbocycles. The summed E-state index contributed by atoms with van der Waals surface area (Å²) in [4.78, 5) is 0. The summed E-state index contributed by atoms with van der Waals surface area (Å²) < 4.78 is 0. The van der Waals surface area contributed by atoms with Crippen molar-refractivity contribution < 1.29 is 5.11 Å². The first-order valence-corrected chi connectivity index (χ1v) is 7.33. The first-order valence-electron chi connectivity index (χ1n) is 7.33. The summed E-state index contributed by atoms with van der Waals surface area (Å²) in [5.41, 5.74) is 0.726. The van der Waals surface area contributed by atoms with E-state index < -0.39 is 0 Å². The Morgan fingerprint density at radius 3 is 2.00 bits per heavy atom. The second-order valence-electron chi connectivity index (χ2n) is 7.16. The van der Waals surface area contributed by atoms with Gasteiger partial charge in [-0.3, -0.25) is 0 Å². The Morgan fingerprint density at radius 2 is 1.56 bits per heavy atom. The summed E-state index contributed by atoms with van der Waals surface area (Å²) in [6.07, 6.45) is 12.8. The molecule has 0 aromatic carbocycles. The summed E-state index contributed by atoms with van der Waals surface area (Å²) in [6, 6.07) is 0. The van der Waals surface area contributed by atoms with Gasteiger partial charge < -0.3 is 5.11 Å². The Morgan fingerprint density at radius 1 is 1.06 bits per heavy atom. The fourth-order valence-corrected chi connectivity index (χ4v) is 5.37. The highest BCUT2D eigenvalue weighted by Crippen LogP contribution is 2.61. The third kappa shape index (κ3) is 2.03. The highest BCUT2D eigenvalue weighted by atomic mass is 16.3. The van der Waals surface area contributed by atoms with Gasteiger partial charge in [-0.05, 0) is 81.5 Å². The maximum absolute atomic E-state index is 9.37. The van der Waals surface area contributed by atoms with Crippen LogP contribution in [0.1, 0.15) is 64.7 Å². The van der Waals surface area contributed by atoms with Crippen molar-refractivity contribution >= 4 is 0 Å². The lowest BCUT2D eigenvalue weighted by Crippen LogP contribution is -2.45. The van der Waals surface area contributed by atoms with E-state index in [4.69, 9.17) is 0 Å². The Balaban J connectivity index is 1.60. The second-order valence-corrected chi connectivity index (χ2v) is 7.16. The van der Waals surface area contributed by atoms with Gasteiger partial charge in [-0.2, -0.15) is 0 Å². The zero-order valence-corrected chi connectivity index (χ0v) is 10.6. The quantitative estimate of drug-likeness (QED) is 0.768. The maximum Gasteiger partial charge on any atom is 0.0512 e. The van der Waals surface area contributed by atoms with Gasteiger partial charge in [-0.25, -0.2) is 0 Å². The van der Waals surface area contributed by atoms with Crippen molar-refractivity contribution in [2.45, 2.75) is 70.8 Å². The SMILES string of the molecule is C[C@@H](O)CCCC12CC3CC(CC(C3)C1)C2. The van der Waals surface area contributed by atoms with Crippen LogP contribution in [0.25, 0.3) is 0 Å². The highest BCUT2D eigenvalue weighted by molar-refractivity contribution is 5.01. The fourth-order valence-electron chi connectivity index (χ4n) is 5.37. The zero-order valence-electron chi connectivity index (χ0n) is 10.6. The molecule has 0 unspecified atom stereocenters. The minimum Gasteiger partial charge on any atom is -0.393 e. The lowest BCUT2D eigenvalue weighted by atomic mass is 9.48. The molecule has 16 heavy (non-hydrogen) atoms. The monoisotopic (exact) mass is 222 g/mol. The molecule has 1 nitrogen and oxygen atoms in total. The van der Waals surface area contributed by atoms with Crippen molar-refractivity contribution in [1.82, 2.24) is 0 Å². The molecule has 4 rings (SSSR count). The van der Waals surface area contributed by atoms with Gasteiger partial charge in [-0.1, -0.05) is 6.42 Å². The smallest absolute Gasteiger partial charge is 0.0512 e. The zero-order chi connectivity index (χ0) is 11.2. The molecule has 0 aliphatic heterocycles. The molecule has 1 atom stereocenters. The van der Waals surface area contributed by atoms with Crippen molar-refractivity contribution in [3.8, 4) is 0 Å². The average molecular weight is 222 g/mol. The molecule has 4 bridgehead atoms. The van der Waals surface area contributed by atoms with Crippen LogP contribution in [0.3, 0.4) is 0 Å². The van der Waals surface area contributed by atoms with Gasteiger partial charge in [0.2, 0.25) is 0 Å². The van der Waals surface area contributed by atoms with E-state index in [-0.39, 0.29) is 6.10 Å². The second kappa shape index (κ2) is 4.01. The predicted molar refractivity (Wildman–Crippen MR) is 66.1 cm³/mol. The van der Waals surface area contributed by atoms with Crippen LogP contribution in [0.2, 0.25) is 0 Å². The van der Waals surface area contributed by atoms with E-state index >= 15 is 0 Å². The summed E-state index contributed by atoms with van der Waals surface area (Å²) in [5, 5.41) is 9.37. The van der Waals surface area contributed by atoms with E-state index in [1.54, 1.807) is 19.3 Å². The van der Waals surface area contributed by atoms with Gasteiger partial charge in [0.25, 0.3) is 0 Å². The van der Waals surface area contributed by atoms with Crippen molar-refractivity contribution in [1.29, 1.82) is 0 Å². The van der Waals surface area contributed by atoms with Crippen LogP contribution in [0.5, 0.6) is 0 Å². The topological polar surface area (TPSA) is 20.2 Å². The molecule has 4 fully saturated rings. The molecule has 4 aliphatic carbocycles. The normalized spacial score (nSPS) is 47.2. The molecule has 0 radical (unpaired) electrons. The summed E-state index contributed by atoms with van der Waals surface area (Å²) in [5.74, 6) is 3.24. The molecule has 0 saturated heterocycles. The minimum atomic E-state index is -0.0890. The molecule has 0 spiro atoms. The van der Waals surface area contributed by atoms with Crippen molar-refractivity contribution in [2.24, 2.45) is 23.2 Å². The van der Waals surface area contributed by atoms with Gasteiger partial charge in [0, 0.05) is 0 Å². The lowest BCUT2D eigenvalue weighted by molar-refractivity contribution is -0.0592. The number of hydrogen-bond acceptors (Lipinski definition) is 1. The van der Waals surface area contributed by atoms with Crippen LogP contribution in [-0.4, -0.2) is 11.2 Å². The van der Waals surface area contributed by atoms with E-state index in [0.29, 0.717) is 0 Å². The van der Waals surface area contributed by atoms with Gasteiger partial charge >= 0.3 is 0 Å². The number of rotatable bonds is 4.